The number of esters is 1. The molecule has 0 aromatic heterocycles. The van der Waals surface area contributed by atoms with Crippen LogP contribution in [0.3, 0.4) is 0 Å². The van der Waals surface area contributed by atoms with Gasteiger partial charge in [0.1, 0.15) is 0 Å². The Morgan fingerprint density at radius 2 is 0.556 bits per heavy atom. The highest BCUT2D eigenvalue weighted by Crippen LogP contribution is 2.65. The van der Waals surface area contributed by atoms with Gasteiger partial charge in [-0.1, -0.05) is 340 Å². The molecule has 0 rings (SSSR count). The summed E-state index contributed by atoms with van der Waals surface area (Å²) >= 11 is 18.6. The third-order valence-corrected chi connectivity index (χ3v) is 47.5. The summed E-state index contributed by atoms with van der Waals surface area (Å²) in [6.07, 6.45) is 38.9. The fourth-order valence-corrected chi connectivity index (χ4v) is 37.6. The molecule has 0 amide bonds. The molecular weight excluding hydrogens is 1760 g/mol. The van der Waals surface area contributed by atoms with E-state index >= 15 is 0 Å². The second-order valence-electron chi connectivity index (χ2n) is 32.2. The molecule has 18 unspecified atom stereocenters. The molecule has 0 radical (unpaired) electrons. The lowest BCUT2D eigenvalue weighted by Crippen LogP contribution is -2.16. The number of carbonyl (C=O) groups is 1. The highest BCUT2D eigenvalue weighted by atomic mass is 32.9. The van der Waals surface area contributed by atoms with Crippen molar-refractivity contribution in [3.63, 3.8) is 0 Å². The van der Waals surface area contributed by atoms with Crippen LogP contribution in [-0.4, -0.2) is 142 Å². The van der Waals surface area contributed by atoms with Crippen LogP contribution >= 0.6 is 131 Å². The van der Waals surface area contributed by atoms with E-state index in [1.807, 2.05) is 11.4 Å². The van der Waals surface area contributed by atoms with Gasteiger partial charge in [-0.2, -0.15) is 0 Å². The number of hydrogen-bond donors (Lipinski definition) is 0. The van der Waals surface area contributed by atoms with Gasteiger partial charge in [-0.15, -0.1) is 11.4 Å². The first-order valence-corrected chi connectivity index (χ1v) is 67.9. The van der Waals surface area contributed by atoms with Gasteiger partial charge in [-0.25, -0.2) is 0 Å². The van der Waals surface area contributed by atoms with Crippen LogP contribution < -0.4 is 0 Å². The van der Waals surface area contributed by atoms with E-state index in [1.165, 1.54) is 148 Å². The number of unbranched alkanes of at least 4 members (excludes halogenated alkanes) is 8. The van der Waals surface area contributed by atoms with Gasteiger partial charge < -0.3 is 63.5 Å². The molecule has 0 aliphatic rings. The number of methoxy groups -OCH3 is 1. The summed E-state index contributed by atoms with van der Waals surface area (Å²) in [6, 6.07) is 0. The SMILES string of the molecule is CCCCC(CC)CCP(OCC(CC)CCCC)SCC(C)OP(OC(C)CSP(OCC(CC)CCCC)OCC(CC)CCCC)SCC(C)OP(OC(C)CSP(OC(C)CSP(OCC(CC)CCCC)OCC(CC)CCCC)OC(C)CSP(=S)(OCC(CC)CCCC)OCC(CC)CCCC)SCCC(=O)OC. The minimum Gasteiger partial charge on any atom is -0.469 e. The van der Waals surface area contributed by atoms with E-state index in [9.17, 15) is 4.79 Å². The van der Waals surface area contributed by atoms with Crippen LogP contribution in [0, 0.1) is 47.3 Å². The number of carbonyl (C=O) groups excluding carboxylic acids is 1. The maximum atomic E-state index is 12.7. The van der Waals surface area contributed by atoms with E-state index in [0.29, 0.717) is 102 Å². The molecule has 30 heteroatoms. The average Bonchev–Trinajstić information content (AvgIpc) is 0.872. The fourth-order valence-electron chi connectivity index (χ4n) is 12.0. The second-order valence-corrected chi connectivity index (χ2v) is 58.5. The standard InChI is InChI=1S/C87H181O15P7S8/c1-24-40-48-79(32-9)56-58-103(90-60-80(33-10)49-41-25-2)112-67-73(17)99-107(100-74(18)68-113-104(91-61-81(34-11)50-42-26-3)92-62-82(35-12)51-43-27-4)115-70-76(20)97-106(111-59-57-87(88)89-23)98-77(21)71-116-108(101-75(19)69-114-105(93-63-83(36-13)52-44-28-5)94-64-84(37-14)53-45-29-6)102-78(22)72-117-109(110,95-65-85(38-15)54-46-30-7)96-66-86(39-16)55-47-31-8/h73-86H,24-72H2,1-23H3. The molecule has 702 valence electrons. The fraction of sp³-hybridized carbons (Fsp3) is 0.989. The summed E-state index contributed by atoms with van der Waals surface area (Å²) in [5.41, 5.74) is -2.75. The average molecular weight is 1940 g/mol. The topological polar surface area (TPSA) is 146 Å². The molecule has 117 heavy (non-hydrogen) atoms. The van der Waals surface area contributed by atoms with Crippen LogP contribution in [0.2, 0.25) is 0 Å². The molecule has 18 atom stereocenters. The Hall–Kier alpha value is 4.63. The Morgan fingerprint density at radius 3 is 0.838 bits per heavy atom. The first-order chi connectivity index (χ1) is 56.5. The number of hydrogen-bond acceptors (Lipinski definition) is 23. The van der Waals surface area contributed by atoms with E-state index in [1.54, 1.807) is 68.3 Å². The molecule has 0 aliphatic carbocycles. The van der Waals surface area contributed by atoms with Gasteiger partial charge in [0.25, 0.3) is 0 Å². The lowest BCUT2D eigenvalue weighted by Gasteiger charge is -2.29. The molecule has 0 spiro atoms. The van der Waals surface area contributed by atoms with Gasteiger partial charge in [0, 0.05) is 46.4 Å². The van der Waals surface area contributed by atoms with E-state index in [2.05, 4.69) is 152 Å². The molecule has 0 aromatic rings. The van der Waals surface area contributed by atoms with Gasteiger partial charge >= 0.3 is 5.97 Å². The Bertz CT molecular complexity index is 2090. The zero-order valence-corrected chi connectivity index (χ0v) is 91.5. The smallest absolute Gasteiger partial charge is 0.306 e. The maximum Gasteiger partial charge on any atom is 0.306 e. The van der Waals surface area contributed by atoms with Crippen molar-refractivity contribution in [1.29, 1.82) is 0 Å². The summed E-state index contributed by atoms with van der Waals surface area (Å²) in [6.45, 7) is 54.4. The zero-order valence-electron chi connectivity index (χ0n) is 78.8. The Balaban J connectivity index is 7.50. The van der Waals surface area contributed by atoms with Crippen molar-refractivity contribution in [2.75, 3.05) is 99.8 Å². The second kappa shape index (κ2) is 83.7. The lowest BCUT2D eigenvalue weighted by atomic mass is 9.97. The van der Waals surface area contributed by atoms with Crippen molar-refractivity contribution >= 4 is 148 Å². The molecule has 0 aromatic carbocycles. The summed E-state index contributed by atoms with van der Waals surface area (Å²) in [5, 5.41) is 0. The van der Waals surface area contributed by atoms with Crippen LogP contribution in [0.5, 0.6) is 0 Å². The van der Waals surface area contributed by atoms with E-state index in [-0.39, 0.29) is 49.0 Å². The van der Waals surface area contributed by atoms with Gasteiger partial charge in [0.15, 0.2) is 0 Å². The highest BCUT2D eigenvalue weighted by Gasteiger charge is 2.32. The van der Waals surface area contributed by atoms with Crippen molar-refractivity contribution in [1.82, 2.24) is 0 Å². The first-order valence-electron chi connectivity index (χ1n) is 46.8. The molecule has 15 nitrogen and oxygen atoms in total. The Labute approximate surface area is 764 Å². The highest BCUT2D eigenvalue weighted by molar-refractivity contribution is 8.68. The molecule has 0 N–H and O–H groups in total. The van der Waals surface area contributed by atoms with E-state index in [0.717, 1.165) is 108 Å². The van der Waals surface area contributed by atoms with Crippen LogP contribution in [0.1, 0.15) is 371 Å². The summed E-state index contributed by atoms with van der Waals surface area (Å²) in [4.78, 5) is 12.7. The van der Waals surface area contributed by atoms with Gasteiger partial charge in [0.2, 0.25) is 43.6 Å². The number of rotatable bonds is 90. The van der Waals surface area contributed by atoms with Crippen molar-refractivity contribution < 1.29 is 68.3 Å². The molecule has 0 bridgehead atoms. The van der Waals surface area contributed by atoms with E-state index in [4.69, 9.17) is 75.4 Å². The molecule has 0 saturated heterocycles. The third-order valence-electron chi connectivity index (χ3n) is 21.0. The summed E-state index contributed by atoms with van der Waals surface area (Å²) in [7, 11) is -6.18. The third kappa shape index (κ3) is 68.3. The molecule has 0 fully saturated rings. The van der Waals surface area contributed by atoms with E-state index < -0.39 is 50.9 Å². The maximum absolute atomic E-state index is 12.7. The summed E-state index contributed by atoms with van der Waals surface area (Å²) in [5.74, 6) is 8.47. The predicted molar refractivity (Wildman–Crippen MR) is 541 cm³/mol. The van der Waals surface area contributed by atoms with Gasteiger partial charge in [-0.3, -0.25) is 4.79 Å². The van der Waals surface area contributed by atoms with Crippen LogP contribution in [0.15, 0.2) is 0 Å². The molecule has 0 saturated carbocycles. The Morgan fingerprint density at radius 1 is 0.308 bits per heavy atom. The largest absolute Gasteiger partial charge is 0.469 e. The van der Waals surface area contributed by atoms with Crippen molar-refractivity contribution in [3.8, 4) is 0 Å². The zero-order chi connectivity index (χ0) is 87.1. The Kier molecular flexibility index (Phi) is 87.0. The molecule has 0 heterocycles. The van der Waals surface area contributed by atoms with Crippen molar-refractivity contribution in [2.24, 2.45) is 47.3 Å². The van der Waals surface area contributed by atoms with Crippen LogP contribution in [0.4, 0.5) is 0 Å². The quantitative estimate of drug-likeness (QED) is 0.0420. The first kappa shape index (κ1) is 122. The molecular formula is C87H181O15P7S8. The van der Waals surface area contributed by atoms with Crippen molar-refractivity contribution in [3.05, 3.63) is 0 Å². The van der Waals surface area contributed by atoms with Crippen LogP contribution in [-0.2, 0) is 80.1 Å². The minimum atomic E-state index is -2.75. The van der Waals surface area contributed by atoms with Crippen LogP contribution in [0.25, 0.3) is 0 Å². The minimum absolute atomic E-state index is 0.0836. The van der Waals surface area contributed by atoms with Crippen molar-refractivity contribution in [2.45, 2.75) is 407 Å². The lowest BCUT2D eigenvalue weighted by molar-refractivity contribution is -0.140. The summed E-state index contributed by atoms with van der Waals surface area (Å²) < 4.78 is 95.4. The monoisotopic (exact) mass is 1940 g/mol. The normalized spacial score (nSPS) is 18.0. The molecule has 0 aliphatic heterocycles. The number of ether oxygens (including phenoxy) is 1. The van der Waals surface area contributed by atoms with Gasteiger partial charge in [-0.05, 0) is 152 Å². The predicted octanol–water partition coefficient (Wildman–Crippen LogP) is 35.0. The van der Waals surface area contributed by atoms with Gasteiger partial charge in [0.05, 0.1) is 104 Å².